The standard InChI is InChI=1S/ClHO4.Sn.2H/c2-1(3,4)5;;;/h(H,2,3,4,5);;;. The summed E-state index contributed by atoms with van der Waals surface area (Å²) in [4.78, 5) is 0. The molecule has 0 unspecified atom stereocenters. The van der Waals surface area contributed by atoms with Gasteiger partial charge >= 0.3 is 23.9 Å². The third-order valence-corrected chi connectivity index (χ3v) is 0. The average Bonchev–Trinajstić information content (AvgIpc) is 0.722. The molecule has 0 aliphatic carbocycles. The van der Waals surface area contributed by atoms with Crippen LogP contribution in [0.3, 0.4) is 0 Å². The van der Waals surface area contributed by atoms with Crippen molar-refractivity contribution in [3.8, 4) is 0 Å². The summed E-state index contributed by atoms with van der Waals surface area (Å²) in [5.74, 6) is 0. The maximum absolute atomic E-state index is 8.60. The minimum atomic E-state index is -4.69. The van der Waals surface area contributed by atoms with Crippen molar-refractivity contribution < 1.29 is 28.9 Å². The van der Waals surface area contributed by atoms with Crippen LogP contribution < -0.4 is 14.0 Å². The number of halogens is 1. The molecule has 38 valence electrons. The van der Waals surface area contributed by atoms with Gasteiger partial charge in [-0.05, 0) is 0 Å². The summed E-state index contributed by atoms with van der Waals surface area (Å²) in [6.07, 6.45) is 0. The Bertz CT molecular complexity index is 23.0. The Balaban J connectivity index is 0. The molecule has 0 saturated carbocycles. The van der Waals surface area contributed by atoms with Gasteiger partial charge in [-0.15, -0.1) is 0 Å². The fourth-order valence-corrected chi connectivity index (χ4v) is 0. The van der Waals surface area contributed by atoms with Gasteiger partial charge in [-0.3, -0.25) is 0 Å². The molecule has 2 radical (unpaired) electrons. The average molecular weight is 221 g/mol. The molecule has 6 heavy (non-hydrogen) atoms. The molecule has 0 atom stereocenters. The second kappa shape index (κ2) is 3.00. The fourth-order valence-electron chi connectivity index (χ4n) is 0. The van der Waals surface area contributed by atoms with Gasteiger partial charge < -0.3 is 0 Å². The van der Waals surface area contributed by atoms with E-state index in [1.54, 1.807) is 0 Å². The first-order chi connectivity index (χ1) is 2.00. The van der Waals surface area contributed by atoms with Crippen LogP contribution in [-0.4, -0.2) is 28.6 Å². The molecular weight excluding hydrogens is 218 g/mol. The Morgan fingerprint density at radius 2 is 1.17 bits per heavy atom. The van der Waals surface area contributed by atoms with E-state index in [9.17, 15) is 0 Å². The number of hydrogen-bond acceptors (Lipinski definition) is 4. The predicted molar refractivity (Wildman–Crippen MR) is 10.8 cm³/mol. The van der Waals surface area contributed by atoms with E-state index in [0.717, 1.165) is 0 Å². The molecule has 0 aromatic rings. The van der Waals surface area contributed by atoms with Crippen LogP contribution in [-0.2, 0) is 0 Å². The first-order valence-electron chi connectivity index (χ1n) is 0.632. The zero-order chi connectivity index (χ0) is 4.50. The van der Waals surface area contributed by atoms with Crippen molar-refractivity contribution in [1.29, 1.82) is 0 Å². The van der Waals surface area contributed by atoms with E-state index in [0.29, 0.717) is 0 Å². The molecule has 0 fully saturated rings. The van der Waals surface area contributed by atoms with Crippen LogP contribution in [0.15, 0.2) is 0 Å². The summed E-state index contributed by atoms with van der Waals surface area (Å²) < 4.78 is 32.7. The van der Waals surface area contributed by atoms with Crippen LogP contribution in [0.4, 0.5) is 0 Å². The third-order valence-electron chi connectivity index (χ3n) is 0. The Labute approximate surface area is 53.1 Å². The molecule has 0 amide bonds. The van der Waals surface area contributed by atoms with E-state index in [4.69, 9.17) is 18.6 Å². The maximum atomic E-state index is 8.60. The van der Waals surface area contributed by atoms with Gasteiger partial charge in [0.2, 0.25) is 0 Å². The van der Waals surface area contributed by atoms with Crippen LogP contribution in [0.5, 0.6) is 0 Å². The molecule has 0 aliphatic heterocycles. The summed E-state index contributed by atoms with van der Waals surface area (Å²) >= 11 is 0. The number of hydrogen-bond donors (Lipinski definition) is 1. The summed E-state index contributed by atoms with van der Waals surface area (Å²) in [7, 11) is -4.69. The van der Waals surface area contributed by atoms with E-state index < -0.39 is 10.2 Å². The van der Waals surface area contributed by atoms with Crippen molar-refractivity contribution in [3.05, 3.63) is 0 Å². The molecule has 0 saturated heterocycles. The summed E-state index contributed by atoms with van der Waals surface area (Å²) in [6, 6.07) is 0. The molecule has 0 bridgehead atoms. The van der Waals surface area contributed by atoms with E-state index in [-0.39, 0.29) is 23.9 Å². The molecule has 0 aliphatic rings. The van der Waals surface area contributed by atoms with Crippen LogP contribution in [0.1, 0.15) is 0 Å². The molecule has 0 aromatic carbocycles. The van der Waals surface area contributed by atoms with Gasteiger partial charge in [-0.2, -0.15) is 14.0 Å². The number of rotatable bonds is 0. The molecule has 4 nitrogen and oxygen atoms in total. The third kappa shape index (κ3) is 88.2. The van der Waals surface area contributed by atoms with Crippen LogP contribution >= 0.6 is 0 Å². The topological polar surface area (TPSA) is 89.4 Å². The van der Waals surface area contributed by atoms with E-state index in [1.807, 2.05) is 0 Å². The van der Waals surface area contributed by atoms with Gasteiger partial charge in [0.25, 0.3) is 0 Å². The monoisotopic (exact) mass is 222 g/mol. The first kappa shape index (κ1) is 10.0. The molecular formula is H3ClO4Sn. The van der Waals surface area contributed by atoms with E-state index in [1.165, 1.54) is 0 Å². The Hall–Kier alpha value is 0.929. The van der Waals surface area contributed by atoms with E-state index in [2.05, 4.69) is 0 Å². The van der Waals surface area contributed by atoms with Crippen molar-refractivity contribution in [2.45, 2.75) is 0 Å². The molecule has 0 spiro atoms. The van der Waals surface area contributed by atoms with Crippen molar-refractivity contribution in [1.82, 2.24) is 0 Å². The van der Waals surface area contributed by atoms with Crippen LogP contribution in [0.2, 0.25) is 0 Å². The summed E-state index contributed by atoms with van der Waals surface area (Å²) in [5.41, 5.74) is 0. The fraction of sp³-hybridized carbons (Fsp3) is 0. The van der Waals surface area contributed by atoms with Gasteiger partial charge in [0.15, 0.2) is 0 Å². The minimum absolute atomic E-state index is 0. The molecule has 0 aromatic heterocycles. The van der Waals surface area contributed by atoms with Crippen molar-refractivity contribution in [2.24, 2.45) is 0 Å². The molecule has 1 N–H and O–H groups in total. The van der Waals surface area contributed by atoms with Crippen LogP contribution in [0.25, 0.3) is 0 Å². The SMILES string of the molecule is [O-][Cl+3]([O-])([O-])O.[SnH2]. The quantitative estimate of drug-likeness (QED) is 0.415. The molecule has 0 heterocycles. The molecule has 6 heteroatoms. The summed E-state index contributed by atoms with van der Waals surface area (Å²) in [6.45, 7) is 0. The van der Waals surface area contributed by atoms with Crippen LogP contribution in [0, 0.1) is 10.2 Å². The zero-order valence-electron chi connectivity index (χ0n) is 2.76. The summed E-state index contributed by atoms with van der Waals surface area (Å²) in [5, 5.41) is 0. The van der Waals surface area contributed by atoms with Crippen molar-refractivity contribution >= 4 is 23.9 Å². The normalized spacial score (nSPS) is 10.0. The second-order valence-corrected chi connectivity index (χ2v) is 1.19. The predicted octanol–water partition coefficient (Wildman–Crippen LogP) is -5.04. The van der Waals surface area contributed by atoms with Gasteiger partial charge in [-0.1, -0.05) is 0 Å². The Morgan fingerprint density at radius 3 is 1.17 bits per heavy atom. The van der Waals surface area contributed by atoms with Gasteiger partial charge in [0.1, 0.15) is 0 Å². The van der Waals surface area contributed by atoms with Gasteiger partial charge in [-0.25, -0.2) is 0 Å². The first-order valence-corrected chi connectivity index (χ1v) is 1.90. The zero-order valence-corrected chi connectivity index (χ0v) is 7.55. The van der Waals surface area contributed by atoms with Gasteiger partial charge in [0, 0.05) is 0 Å². The van der Waals surface area contributed by atoms with Gasteiger partial charge in [0.05, 0.1) is 14.9 Å². The second-order valence-electron chi connectivity index (χ2n) is 0.396. The van der Waals surface area contributed by atoms with Crippen molar-refractivity contribution in [3.63, 3.8) is 0 Å². The Morgan fingerprint density at radius 1 is 1.17 bits per heavy atom. The molecule has 0 rings (SSSR count). The Kier molecular flexibility index (Phi) is 5.01. The van der Waals surface area contributed by atoms with E-state index >= 15 is 0 Å². The van der Waals surface area contributed by atoms with Crippen molar-refractivity contribution in [2.75, 3.05) is 0 Å².